The Labute approximate surface area is 282 Å². The van der Waals surface area contributed by atoms with Crippen LogP contribution in [0.25, 0.3) is 54.9 Å². The first-order valence-electron chi connectivity index (χ1n) is 16.8. The number of hydrogen-bond donors (Lipinski definition) is 0. The number of benzene rings is 8. The first-order chi connectivity index (χ1) is 23.6. The van der Waals surface area contributed by atoms with E-state index in [0.717, 1.165) is 11.4 Å². The number of para-hydroxylation sites is 1. The molecule has 0 aromatic heterocycles. The molecule has 228 valence electrons. The lowest BCUT2D eigenvalue weighted by molar-refractivity contribution is 0.666. The van der Waals surface area contributed by atoms with Gasteiger partial charge in [0.1, 0.15) is 0 Å². The van der Waals surface area contributed by atoms with Crippen molar-refractivity contribution in [3.8, 4) is 33.4 Å². The molecule has 0 spiro atoms. The molecule has 1 heteroatoms. The molecule has 0 radical (unpaired) electrons. The van der Waals surface area contributed by atoms with Crippen molar-refractivity contribution in [2.45, 2.75) is 19.3 Å². The largest absolute Gasteiger partial charge is 0.309 e. The molecule has 0 saturated heterocycles. The Morgan fingerprint density at radius 3 is 1.79 bits per heavy atom. The molecule has 0 saturated carbocycles. The van der Waals surface area contributed by atoms with E-state index >= 15 is 0 Å². The predicted molar refractivity (Wildman–Crippen MR) is 205 cm³/mol. The summed E-state index contributed by atoms with van der Waals surface area (Å²) in [4.78, 5) is 2.56. The lowest BCUT2D eigenvalue weighted by Crippen LogP contribution is -2.18. The van der Waals surface area contributed by atoms with Crippen molar-refractivity contribution < 1.29 is 0 Å². The first-order valence-corrected chi connectivity index (χ1v) is 16.8. The number of nitrogens with zero attached hydrogens (tertiary/aromatic N) is 1. The fourth-order valence-electron chi connectivity index (χ4n) is 8.07. The minimum Gasteiger partial charge on any atom is -0.309 e. The van der Waals surface area contributed by atoms with Crippen LogP contribution in [0.15, 0.2) is 176 Å². The van der Waals surface area contributed by atoms with Gasteiger partial charge in [-0.2, -0.15) is 0 Å². The van der Waals surface area contributed by atoms with Crippen LogP contribution in [-0.2, 0) is 5.41 Å². The van der Waals surface area contributed by atoms with Gasteiger partial charge in [-0.3, -0.25) is 0 Å². The molecule has 9 rings (SSSR count). The molecular formula is C47H35N. The maximum absolute atomic E-state index is 2.56. The van der Waals surface area contributed by atoms with Crippen molar-refractivity contribution in [3.63, 3.8) is 0 Å². The van der Waals surface area contributed by atoms with Crippen LogP contribution in [0.1, 0.15) is 25.0 Å². The third-order valence-electron chi connectivity index (χ3n) is 10.2. The van der Waals surface area contributed by atoms with Crippen LogP contribution >= 0.6 is 0 Å². The van der Waals surface area contributed by atoms with Gasteiger partial charge in [0.15, 0.2) is 0 Å². The van der Waals surface area contributed by atoms with Crippen LogP contribution < -0.4 is 4.90 Å². The molecule has 48 heavy (non-hydrogen) atoms. The van der Waals surface area contributed by atoms with Gasteiger partial charge in [0, 0.05) is 27.8 Å². The van der Waals surface area contributed by atoms with Gasteiger partial charge in [-0.1, -0.05) is 172 Å². The number of hydrogen-bond acceptors (Lipinski definition) is 1. The second-order valence-corrected chi connectivity index (χ2v) is 13.3. The third kappa shape index (κ3) is 4.32. The van der Waals surface area contributed by atoms with E-state index in [2.05, 4.69) is 195 Å². The quantitative estimate of drug-likeness (QED) is 0.187. The topological polar surface area (TPSA) is 3.24 Å². The summed E-state index contributed by atoms with van der Waals surface area (Å²) in [5.74, 6) is 0. The second kappa shape index (κ2) is 11.1. The molecule has 8 aromatic rings. The van der Waals surface area contributed by atoms with Crippen LogP contribution in [0.3, 0.4) is 0 Å². The highest BCUT2D eigenvalue weighted by molar-refractivity contribution is 6.16. The Balaban J connectivity index is 1.51. The highest BCUT2D eigenvalue weighted by atomic mass is 15.2. The Hall–Kier alpha value is -5.92. The van der Waals surface area contributed by atoms with Crippen molar-refractivity contribution in [3.05, 3.63) is 187 Å². The van der Waals surface area contributed by atoms with Gasteiger partial charge in [0.25, 0.3) is 0 Å². The summed E-state index contributed by atoms with van der Waals surface area (Å²) in [6, 6.07) is 64.4. The molecular weight excluding hydrogens is 579 g/mol. The van der Waals surface area contributed by atoms with Gasteiger partial charge in [0.05, 0.1) is 11.4 Å². The first kappa shape index (κ1) is 28.3. The highest BCUT2D eigenvalue weighted by Gasteiger charge is 2.41. The summed E-state index contributed by atoms with van der Waals surface area (Å²) in [6.07, 6.45) is 0. The number of rotatable bonds is 5. The van der Waals surface area contributed by atoms with Gasteiger partial charge in [-0.25, -0.2) is 0 Å². The standard InChI is InChI=1S/C47H35N/c1-47(2)41-27-15-13-26-40(41)44-45(47)39-25-12-11-24-38(39)43(34-20-7-4-8-21-34)46(44)48(36-30-29-32-17-9-10-22-35(32)31-36)42-28-16-14-23-37(42)33-18-5-3-6-19-33/h3-31H,1-2H3. The minimum atomic E-state index is -0.191. The van der Waals surface area contributed by atoms with E-state index in [1.54, 1.807) is 0 Å². The summed E-state index contributed by atoms with van der Waals surface area (Å²) in [5.41, 5.74) is 13.5. The van der Waals surface area contributed by atoms with E-state index in [1.807, 2.05) is 0 Å². The zero-order valence-corrected chi connectivity index (χ0v) is 27.2. The third-order valence-corrected chi connectivity index (χ3v) is 10.2. The molecule has 0 bridgehead atoms. The Morgan fingerprint density at radius 2 is 1.02 bits per heavy atom. The average Bonchev–Trinajstić information content (AvgIpc) is 3.39. The zero-order valence-electron chi connectivity index (χ0n) is 27.2. The van der Waals surface area contributed by atoms with Gasteiger partial charge in [0.2, 0.25) is 0 Å². The summed E-state index contributed by atoms with van der Waals surface area (Å²) >= 11 is 0. The summed E-state index contributed by atoms with van der Waals surface area (Å²) < 4.78 is 0. The van der Waals surface area contributed by atoms with E-state index < -0.39 is 0 Å². The Bertz CT molecular complexity index is 2470. The van der Waals surface area contributed by atoms with Crippen LogP contribution in [0.4, 0.5) is 17.1 Å². The fraction of sp³-hybridized carbons (Fsp3) is 0.0638. The maximum Gasteiger partial charge on any atom is 0.0628 e. The molecule has 0 atom stereocenters. The van der Waals surface area contributed by atoms with Crippen LogP contribution in [-0.4, -0.2) is 0 Å². The van der Waals surface area contributed by atoms with Crippen LogP contribution in [0, 0.1) is 0 Å². The molecule has 0 amide bonds. The van der Waals surface area contributed by atoms with Crippen molar-refractivity contribution in [2.24, 2.45) is 0 Å². The molecule has 0 unspecified atom stereocenters. The highest BCUT2D eigenvalue weighted by Crippen LogP contribution is 2.60. The summed E-state index contributed by atoms with van der Waals surface area (Å²) in [6.45, 7) is 4.79. The zero-order chi connectivity index (χ0) is 32.2. The van der Waals surface area contributed by atoms with E-state index in [0.29, 0.717) is 0 Å². The smallest absolute Gasteiger partial charge is 0.0628 e. The van der Waals surface area contributed by atoms with Crippen molar-refractivity contribution >= 4 is 38.6 Å². The lowest BCUT2D eigenvalue weighted by Gasteiger charge is -2.34. The lowest BCUT2D eigenvalue weighted by atomic mass is 9.78. The van der Waals surface area contributed by atoms with E-state index in [9.17, 15) is 0 Å². The van der Waals surface area contributed by atoms with Crippen LogP contribution in [0.5, 0.6) is 0 Å². The average molecular weight is 614 g/mol. The summed E-state index contributed by atoms with van der Waals surface area (Å²) in [7, 11) is 0. The Kier molecular flexibility index (Phi) is 6.55. The van der Waals surface area contributed by atoms with Gasteiger partial charge in [-0.15, -0.1) is 0 Å². The van der Waals surface area contributed by atoms with E-state index in [-0.39, 0.29) is 5.41 Å². The van der Waals surface area contributed by atoms with Gasteiger partial charge < -0.3 is 4.90 Å². The molecule has 8 aromatic carbocycles. The van der Waals surface area contributed by atoms with Crippen molar-refractivity contribution in [1.82, 2.24) is 0 Å². The van der Waals surface area contributed by atoms with Gasteiger partial charge >= 0.3 is 0 Å². The van der Waals surface area contributed by atoms with Crippen molar-refractivity contribution in [1.29, 1.82) is 0 Å². The monoisotopic (exact) mass is 613 g/mol. The number of anilines is 3. The predicted octanol–water partition coefficient (Wildman–Crippen LogP) is 13.1. The summed E-state index contributed by atoms with van der Waals surface area (Å²) in [5, 5.41) is 5.03. The molecule has 0 heterocycles. The Morgan fingerprint density at radius 1 is 0.438 bits per heavy atom. The molecule has 1 aliphatic rings. The molecule has 0 N–H and O–H groups in total. The second-order valence-electron chi connectivity index (χ2n) is 13.3. The normalized spacial score (nSPS) is 13.0. The molecule has 1 nitrogen and oxygen atoms in total. The minimum absolute atomic E-state index is 0.191. The maximum atomic E-state index is 2.56. The van der Waals surface area contributed by atoms with E-state index in [4.69, 9.17) is 0 Å². The van der Waals surface area contributed by atoms with Crippen LogP contribution in [0.2, 0.25) is 0 Å². The number of fused-ring (bicyclic) bond motifs is 6. The van der Waals surface area contributed by atoms with E-state index in [1.165, 1.54) is 71.7 Å². The SMILES string of the molecule is CC1(C)c2ccccc2-c2c(N(c3ccc4ccccc4c3)c3ccccc3-c3ccccc3)c(-c3ccccc3)c3ccccc3c21. The van der Waals surface area contributed by atoms with Crippen molar-refractivity contribution in [2.75, 3.05) is 4.90 Å². The molecule has 0 aliphatic heterocycles. The van der Waals surface area contributed by atoms with Gasteiger partial charge in [-0.05, 0) is 67.6 Å². The molecule has 1 aliphatic carbocycles. The molecule has 0 fully saturated rings. The fourth-order valence-corrected chi connectivity index (χ4v) is 8.07.